The van der Waals surface area contributed by atoms with Crippen LogP contribution >= 0.6 is 11.3 Å². The van der Waals surface area contributed by atoms with Gasteiger partial charge in [0.2, 0.25) is 5.91 Å². The molecule has 0 aliphatic carbocycles. The van der Waals surface area contributed by atoms with Crippen molar-refractivity contribution in [1.82, 2.24) is 19.8 Å². The van der Waals surface area contributed by atoms with E-state index in [-0.39, 0.29) is 17.5 Å². The van der Waals surface area contributed by atoms with E-state index >= 15 is 0 Å². The zero-order valence-electron chi connectivity index (χ0n) is 20.7. The first kappa shape index (κ1) is 25.2. The molecular formula is C26H34N4O4S. The standard InChI is InChI=1S/C26H34N4O4S/c1-18-8-11-29(12-9-18)21(24-6-5-13-35-24)16-27-25(31)7-4-10-30-17-28-20-15-23(34-3)22(33-2)14-19(20)26(30)32/h5-6,13-15,17-18,21H,4,7-12,16H2,1-3H3,(H,27,31). The first-order valence-corrected chi connectivity index (χ1v) is 13.0. The molecule has 3 aromatic rings. The Labute approximate surface area is 209 Å². The second kappa shape index (κ2) is 11.7. The van der Waals surface area contributed by atoms with Gasteiger partial charge in [0.1, 0.15) is 0 Å². The summed E-state index contributed by atoms with van der Waals surface area (Å²) in [4.78, 5) is 33.8. The van der Waals surface area contributed by atoms with E-state index in [9.17, 15) is 9.59 Å². The SMILES string of the molecule is COc1cc2ncn(CCCC(=O)NCC(c3cccs3)N3CCC(C)CC3)c(=O)c2cc1OC. The number of amides is 1. The summed E-state index contributed by atoms with van der Waals surface area (Å²) in [6, 6.07) is 7.79. The lowest BCUT2D eigenvalue weighted by Crippen LogP contribution is -2.41. The number of aromatic nitrogens is 2. The first-order chi connectivity index (χ1) is 17.0. The number of carbonyl (C=O) groups is 1. The van der Waals surface area contributed by atoms with Crippen molar-refractivity contribution >= 4 is 28.1 Å². The molecule has 0 radical (unpaired) electrons. The summed E-state index contributed by atoms with van der Waals surface area (Å²) in [5, 5.41) is 5.69. The van der Waals surface area contributed by atoms with E-state index in [0.717, 1.165) is 19.0 Å². The number of thiophene rings is 1. The lowest BCUT2D eigenvalue weighted by molar-refractivity contribution is -0.121. The van der Waals surface area contributed by atoms with Crippen LogP contribution in [0.3, 0.4) is 0 Å². The van der Waals surface area contributed by atoms with Gasteiger partial charge < -0.3 is 14.8 Å². The van der Waals surface area contributed by atoms with Crippen molar-refractivity contribution in [1.29, 1.82) is 0 Å². The molecule has 1 saturated heterocycles. The van der Waals surface area contributed by atoms with Gasteiger partial charge >= 0.3 is 0 Å². The highest BCUT2D eigenvalue weighted by Gasteiger charge is 2.25. The van der Waals surface area contributed by atoms with Crippen molar-refractivity contribution in [3.8, 4) is 11.5 Å². The highest BCUT2D eigenvalue weighted by Crippen LogP contribution is 2.30. The summed E-state index contributed by atoms with van der Waals surface area (Å²) >= 11 is 1.74. The van der Waals surface area contributed by atoms with Gasteiger partial charge in [0.25, 0.3) is 5.56 Å². The monoisotopic (exact) mass is 498 g/mol. The Morgan fingerprint density at radius 1 is 1.23 bits per heavy atom. The zero-order chi connectivity index (χ0) is 24.8. The highest BCUT2D eigenvalue weighted by atomic mass is 32.1. The predicted octanol–water partition coefficient (Wildman–Crippen LogP) is 3.84. The molecule has 1 aliphatic rings. The van der Waals surface area contributed by atoms with Gasteiger partial charge in [0.15, 0.2) is 11.5 Å². The summed E-state index contributed by atoms with van der Waals surface area (Å²) in [7, 11) is 3.08. The lowest BCUT2D eigenvalue weighted by atomic mass is 9.97. The van der Waals surface area contributed by atoms with Crippen molar-refractivity contribution in [3.63, 3.8) is 0 Å². The Morgan fingerprint density at radius 3 is 2.66 bits per heavy atom. The molecule has 1 atom stereocenters. The van der Waals surface area contributed by atoms with Crippen LogP contribution in [0.15, 0.2) is 40.8 Å². The number of ether oxygens (including phenoxy) is 2. The Balaban J connectivity index is 1.34. The smallest absolute Gasteiger partial charge is 0.261 e. The molecule has 1 unspecified atom stereocenters. The molecule has 1 amide bonds. The van der Waals surface area contributed by atoms with Crippen molar-refractivity contribution < 1.29 is 14.3 Å². The van der Waals surface area contributed by atoms with Gasteiger partial charge in [0, 0.05) is 30.5 Å². The van der Waals surface area contributed by atoms with Crippen LogP contribution in [-0.2, 0) is 11.3 Å². The number of nitrogens with one attached hydrogen (secondary N) is 1. The largest absolute Gasteiger partial charge is 0.493 e. The average Bonchev–Trinajstić information content (AvgIpc) is 3.40. The number of fused-ring (bicyclic) bond motifs is 1. The third-order valence-electron chi connectivity index (χ3n) is 6.76. The minimum absolute atomic E-state index is 0.00476. The Bertz CT molecular complexity index is 1190. The number of aryl methyl sites for hydroxylation is 1. The molecule has 0 bridgehead atoms. The molecular weight excluding hydrogens is 464 g/mol. The van der Waals surface area contributed by atoms with Crippen molar-refractivity contribution in [2.24, 2.45) is 5.92 Å². The van der Waals surface area contributed by atoms with Gasteiger partial charge in [-0.1, -0.05) is 13.0 Å². The molecule has 1 aromatic carbocycles. The Morgan fingerprint density at radius 2 is 1.97 bits per heavy atom. The Hall–Kier alpha value is -2.91. The summed E-state index contributed by atoms with van der Waals surface area (Å²) in [6.07, 6.45) is 4.83. The molecule has 3 heterocycles. The second-order valence-electron chi connectivity index (χ2n) is 9.12. The maximum Gasteiger partial charge on any atom is 0.261 e. The number of nitrogens with zero attached hydrogens (tertiary/aromatic N) is 3. The van der Waals surface area contributed by atoms with Crippen LogP contribution in [0.4, 0.5) is 0 Å². The highest BCUT2D eigenvalue weighted by molar-refractivity contribution is 7.10. The summed E-state index contributed by atoms with van der Waals surface area (Å²) in [5.41, 5.74) is 0.391. The molecule has 0 spiro atoms. The van der Waals surface area contributed by atoms with E-state index in [2.05, 4.69) is 39.6 Å². The molecule has 1 aliphatic heterocycles. The topological polar surface area (TPSA) is 85.7 Å². The van der Waals surface area contributed by atoms with Crippen molar-refractivity contribution in [3.05, 3.63) is 51.2 Å². The van der Waals surface area contributed by atoms with E-state index in [1.165, 1.54) is 31.2 Å². The summed E-state index contributed by atoms with van der Waals surface area (Å²) in [6.45, 7) is 5.46. The first-order valence-electron chi connectivity index (χ1n) is 12.2. The molecule has 2 aromatic heterocycles. The van der Waals surface area contributed by atoms with Crippen LogP contribution in [0, 0.1) is 5.92 Å². The summed E-state index contributed by atoms with van der Waals surface area (Å²) in [5.74, 6) is 1.78. The van der Waals surface area contributed by atoms with E-state index in [1.54, 1.807) is 35.1 Å². The van der Waals surface area contributed by atoms with E-state index in [4.69, 9.17) is 9.47 Å². The van der Waals surface area contributed by atoms with E-state index < -0.39 is 0 Å². The Kier molecular flexibility index (Phi) is 8.41. The third-order valence-corrected chi connectivity index (χ3v) is 7.73. The number of likely N-dealkylation sites (tertiary alicyclic amines) is 1. The van der Waals surface area contributed by atoms with Crippen LogP contribution in [0.25, 0.3) is 10.9 Å². The normalized spacial score (nSPS) is 15.7. The number of piperidine rings is 1. The second-order valence-corrected chi connectivity index (χ2v) is 10.1. The lowest BCUT2D eigenvalue weighted by Gasteiger charge is -2.36. The zero-order valence-corrected chi connectivity index (χ0v) is 21.5. The van der Waals surface area contributed by atoms with Crippen LogP contribution in [-0.4, -0.2) is 54.2 Å². The molecule has 35 heavy (non-hydrogen) atoms. The fraction of sp³-hybridized carbons (Fsp3) is 0.500. The molecule has 8 nitrogen and oxygen atoms in total. The fourth-order valence-electron chi connectivity index (χ4n) is 4.58. The number of hydrogen-bond donors (Lipinski definition) is 1. The summed E-state index contributed by atoms with van der Waals surface area (Å²) < 4.78 is 12.2. The van der Waals surface area contributed by atoms with Gasteiger partial charge in [0.05, 0.1) is 37.5 Å². The molecule has 1 fully saturated rings. The average molecular weight is 499 g/mol. The van der Waals surface area contributed by atoms with Gasteiger partial charge in [-0.3, -0.25) is 19.1 Å². The number of rotatable bonds is 10. The van der Waals surface area contributed by atoms with Crippen LogP contribution in [0.5, 0.6) is 11.5 Å². The van der Waals surface area contributed by atoms with Gasteiger partial charge in [-0.25, -0.2) is 4.98 Å². The van der Waals surface area contributed by atoms with E-state index in [1.807, 2.05) is 0 Å². The van der Waals surface area contributed by atoms with Crippen LogP contribution < -0.4 is 20.3 Å². The quantitative estimate of drug-likeness (QED) is 0.457. The minimum atomic E-state index is -0.159. The van der Waals surface area contributed by atoms with Crippen molar-refractivity contribution in [2.45, 2.75) is 45.2 Å². The number of benzene rings is 1. The third kappa shape index (κ3) is 6.02. The number of hydrogen-bond acceptors (Lipinski definition) is 7. The molecule has 9 heteroatoms. The van der Waals surface area contributed by atoms with E-state index in [0.29, 0.717) is 48.3 Å². The molecule has 1 N–H and O–H groups in total. The molecule has 188 valence electrons. The van der Waals surface area contributed by atoms with Gasteiger partial charge in [-0.05, 0) is 55.8 Å². The maximum absolute atomic E-state index is 12.9. The maximum atomic E-state index is 12.9. The van der Waals surface area contributed by atoms with Gasteiger partial charge in [-0.15, -0.1) is 11.3 Å². The predicted molar refractivity (Wildman–Crippen MR) is 138 cm³/mol. The fourth-order valence-corrected chi connectivity index (χ4v) is 5.45. The van der Waals surface area contributed by atoms with Crippen LogP contribution in [0.2, 0.25) is 0 Å². The van der Waals surface area contributed by atoms with Crippen LogP contribution in [0.1, 0.15) is 43.5 Å². The minimum Gasteiger partial charge on any atom is -0.493 e. The van der Waals surface area contributed by atoms with Crippen molar-refractivity contribution in [2.75, 3.05) is 33.9 Å². The van der Waals surface area contributed by atoms with Gasteiger partial charge in [-0.2, -0.15) is 0 Å². The number of methoxy groups -OCH3 is 2. The molecule has 4 rings (SSSR count). The molecule has 0 saturated carbocycles. The number of carbonyl (C=O) groups excluding carboxylic acids is 1.